The van der Waals surface area contributed by atoms with Gasteiger partial charge in [-0.3, -0.25) is 4.79 Å². The van der Waals surface area contributed by atoms with Crippen molar-refractivity contribution < 1.29 is 9.53 Å². The predicted octanol–water partition coefficient (Wildman–Crippen LogP) is 2.27. The van der Waals surface area contributed by atoms with Gasteiger partial charge in [-0.2, -0.15) is 0 Å². The van der Waals surface area contributed by atoms with Crippen LogP contribution in [0.3, 0.4) is 0 Å². The number of amides is 1. The highest BCUT2D eigenvalue weighted by Gasteiger charge is 2.21. The fourth-order valence-corrected chi connectivity index (χ4v) is 2.00. The maximum atomic E-state index is 12.5. The third-order valence-electron chi connectivity index (χ3n) is 3.36. The van der Waals surface area contributed by atoms with Gasteiger partial charge >= 0.3 is 0 Å². The van der Waals surface area contributed by atoms with E-state index in [1.54, 1.807) is 12.0 Å². The number of aryl methyl sites for hydroxylation is 1. The maximum Gasteiger partial charge on any atom is 0.244 e. The number of rotatable bonds is 8. The number of nitrogens with two attached hydrogens (primary N) is 1. The van der Waals surface area contributed by atoms with Crippen molar-refractivity contribution in [2.45, 2.75) is 32.7 Å². The van der Waals surface area contributed by atoms with Crippen LogP contribution in [-0.4, -0.2) is 37.6 Å². The molecular formula is C16H26N2O2. The summed E-state index contributed by atoms with van der Waals surface area (Å²) >= 11 is 0. The van der Waals surface area contributed by atoms with E-state index in [0.717, 1.165) is 30.5 Å². The van der Waals surface area contributed by atoms with Gasteiger partial charge < -0.3 is 15.4 Å². The fourth-order valence-electron chi connectivity index (χ4n) is 2.00. The van der Waals surface area contributed by atoms with Gasteiger partial charge in [-0.1, -0.05) is 43.2 Å². The zero-order valence-corrected chi connectivity index (χ0v) is 12.8. The number of unbranched alkanes of at least 4 members (excludes halogenated alkanes) is 1. The van der Waals surface area contributed by atoms with E-state index in [2.05, 4.69) is 6.92 Å². The molecule has 0 fully saturated rings. The van der Waals surface area contributed by atoms with E-state index < -0.39 is 6.04 Å². The van der Waals surface area contributed by atoms with Crippen molar-refractivity contribution in [3.8, 4) is 0 Å². The molecule has 4 heteroatoms. The smallest absolute Gasteiger partial charge is 0.244 e. The topological polar surface area (TPSA) is 55.6 Å². The minimum absolute atomic E-state index is 0.0284. The molecule has 1 aromatic carbocycles. The Morgan fingerprint density at radius 1 is 1.30 bits per heavy atom. The number of ether oxygens (including phenoxy) is 1. The predicted molar refractivity (Wildman–Crippen MR) is 81.5 cm³/mol. The average Bonchev–Trinajstić information content (AvgIpc) is 2.47. The number of methoxy groups -OCH3 is 1. The molecule has 2 N–H and O–H groups in total. The van der Waals surface area contributed by atoms with Crippen LogP contribution in [-0.2, 0) is 9.53 Å². The molecule has 0 aliphatic heterocycles. The van der Waals surface area contributed by atoms with E-state index in [4.69, 9.17) is 10.5 Å². The molecule has 0 aromatic heterocycles. The van der Waals surface area contributed by atoms with Gasteiger partial charge in [-0.25, -0.2) is 0 Å². The zero-order chi connectivity index (χ0) is 15.0. The Kier molecular flexibility index (Phi) is 7.26. The summed E-state index contributed by atoms with van der Waals surface area (Å²) in [7, 11) is 1.64. The quantitative estimate of drug-likeness (QED) is 0.793. The SMILES string of the molecule is CCCCN(CCOC)C(=O)C(N)c1ccc(C)cc1. The van der Waals surface area contributed by atoms with Gasteiger partial charge in [-0.05, 0) is 18.9 Å². The second-order valence-corrected chi connectivity index (χ2v) is 5.06. The highest BCUT2D eigenvalue weighted by Crippen LogP contribution is 2.14. The minimum Gasteiger partial charge on any atom is -0.383 e. The highest BCUT2D eigenvalue weighted by molar-refractivity contribution is 5.83. The number of hydrogen-bond donors (Lipinski definition) is 1. The van der Waals surface area contributed by atoms with Crippen LogP contribution in [0.15, 0.2) is 24.3 Å². The van der Waals surface area contributed by atoms with Crippen LogP contribution >= 0.6 is 0 Å². The number of hydrogen-bond acceptors (Lipinski definition) is 3. The van der Waals surface area contributed by atoms with Gasteiger partial charge in [0, 0.05) is 20.2 Å². The van der Waals surface area contributed by atoms with E-state index in [1.807, 2.05) is 31.2 Å². The summed E-state index contributed by atoms with van der Waals surface area (Å²) < 4.78 is 5.07. The standard InChI is InChI=1S/C16H26N2O2/c1-4-5-10-18(11-12-20-3)16(19)15(17)14-8-6-13(2)7-9-14/h6-9,15H,4-5,10-12,17H2,1-3H3. The van der Waals surface area contributed by atoms with Crippen LogP contribution in [0.1, 0.15) is 36.9 Å². The van der Waals surface area contributed by atoms with Crippen molar-refractivity contribution in [3.05, 3.63) is 35.4 Å². The Labute approximate surface area is 121 Å². The lowest BCUT2D eigenvalue weighted by atomic mass is 10.0. The molecular weight excluding hydrogens is 252 g/mol. The Bertz CT molecular complexity index is 395. The molecule has 0 saturated carbocycles. The molecule has 0 bridgehead atoms. The summed E-state index contributed by atoms with van der Waals surface area (Å²) in [5.41, 5.74) is 8.12. The summed E-state index contributed by atoms with van der Waals surface area (Å²) in [4.78, 5) is 14.3. The lowest BCUT2D eigenvalue weighted by Crippen LogP contribution is -2.41. The first-order chi connectivity index (χ1) is 9.60. The normalized spacial score (nSPS) is 12.2. The average molecular weight is 278 g/mol. The lowest BCUT2D eigenvalue weighted by Gasteiger charge is -2.25. The molecule has 0 aliphatic rings. The summed E-state index contributed by atoms with van der Waals surface area (Å²) in [5, 5.41) is 0. The highest BCUT2D eigenvalue weighted by atomic mass is 16.5. The molecule has 1 aromatic rings. The van der Waals surface area contributed by atoms with Gasteiger partial charge in [0.2, 0.25) is 5.91 Å². The Morgan fingerprint density at radius 2 is 1.95 bits per heavy atom. The lowest BCUT2D eigenvalue weighted by molar-refractivity contribution is -0.133. The van der Waals surface area contributed by atoms with Crippen LogP contribution in [0.4, 0.5) is 0 Å². The Morgan fingerprint density at radius 3 is 2.50 bits per heavy atom. The number of benzene rings is 1. The largest absolute Gasteiger partial charge is 0.383 e. The number of carbonyl (C=O) groups excluding carboxylic acids is 1. The van der Waals surface area contributed by atoms with E-state index in [-0.39, 0.29) is 5.91 Å². The van der Waals surface area contributed by atoms with E-state index >= 15 is 0 Å². The summed E-state index contributed by atoms with van der Waals surface area (Å²) in [5.74, 6) is -0.0284. The molecule has 0 radical (unpaired) electrons. The molecule has 0 saturated heterocycles. The number of nitrogens with zero attached hydrogens (tertiary/aromatic N) is 1. The van der Waals surface area contributed by atoms with Crippen molar-refractivity contribution >= 4 is 5.91 Å². The first-order valence-corrected chi connectivity index (χ1v) is 7.20. The molecule has 1 unspecified atom stereocenters. The van der Waals surface area contributed by atoms with E-state index in [0.29, 0.717) is 13.2 Å². The van der Waals surface area contributed by atoms with Crippen molar-refractivity contribution in [1.29, 1.82) is 0 Å². The molecule has 0 aliphatic carbocycles. The van der Waals surface area contributed by atoms with Gasteiger partial charge in [0.1, 0.15) is 6.04 Å². The third-order valence-corrected chi connectivity index (χ3v) is 3.36. The van der Waals surface area contributed by atoms with Crippen LogP contribution in [0.5, 0.6) is 0 Å². The molecule has 112 valence electrons. The summed E-state index contributed by atoms with van der Waals surface area (Å²) in [6.45, 7) is 5.99. The first kappa shape index (κ1) is 16.7. The fraction of sp³-hybridized carbons (Fsp3) is 0.562. The monoisotopic (exact) mass is 278 g/mol. The van der Waals surface area contributed by atoms with Crippen molar-refractivity contribution in [3.63, 3.8) is 0 Å². The molecule has 0 spiro atoms. The van der Waals surface area contributed by atoms with Gasteiger partial charge in [0.15, 0.2) is 0 Å². The van der Waals surface area contributed by atoms with Crippen LogP contribution in [0.25, 0.3) is 0 Å². The van der Waals surface area contributed by atoms with E-state index in [9.17, 15) is 4.79 Å². The van der Waals surface area contributed by atoms with Crippen LogP contribution in [0, 0.1) is 6.92 Å². The molecule has 20 heavy (non-hydrogen) atoms. The summed E-state index contributed by atoms with van der Waals surface area (Å²) in [6.07, 6.45) is 2.03. The molecule has 1 rings (SSSR count). The van der Waals surface area contributed by atoms with Crippen molar-refractivity contribution in [2.24, 2.45) is 5.73 Å². The Hall–Kier alpha value is -1.39. The number of carbonyl (C=O) groups is 1. The van der Waals surface area contributed by atoms with Crippen LogP contribution < -0.4 is 5.73 Å². The molecule has 0 heterocycles. The minimum atomic E-state index is -0.593. The van der Waals surface area contributed by atoms with Crippen LogP contribution in [0.2, 0.25) is 0 Å². The van der Waals surface area contributed by atoms with Gasteiger partial charge in [0.05, 0.1) is 6.61 Å². The third kappa shape index (κ3) is 4.94. The second kappa shape index (κ2) is 8.72. The first-order valence-electron chi connectivity index (χ1n) is 7.20. The van der Waals surface area contributed by atoms with Crippen molar-refractivity contribution in [2.75, 3.05) is 26.8 Å². The molecule has 1 atom stereocenters. The zero-order valence-electron chi connectivity index (χ0n) is 12.8. The van der Waals surface area contributed by atoms with Gasteiger partial charge in [0.25, 0.3) is 0 Å². The maximum absolute atomic E-state index is 12.5. The van der Waals surface area contributed by atoms with Crippen molar-refractivity contribution in [1.82, 2.24) is 4.90 Å². The Balaban J connectivity index is 2.73. The van der Waals surface area contributed by atoms with E-state index in [1.165, 1.54) is 0 Å². The molecule has 4 nitrogen and oxygen atoms in total. The second-order valence-electron chi connectivity index (χ2n) is 5.06. The van der Waals surface area contributed by atoms with Gasteiger partial charge in [-0.15, -0.1) is 0 Å². The molecule has 1 amide bonds. The summed E-state index contributed by atoms with van der Waals surface area (Å²) in [6, 6.07) is 7.21.